The lowest BCUT2D eigenvalue weighted by atomic mass is 10.1. The summed E-state index contributed by atoms with van der Waals surface area (Å²) in [4.78, 5) is 1.73. The van der Waals surface area contributed by atoms with E-state index >= 15 is 0 Å². The smallest absolute Gasteiger partial charge is 0.205 e. The molecule has 0 amide bonds. The number of benzene rings is 1. The molecule has 1 aromatic heterocycles. The molecule has 21 heavy (non-hydrogen) atoms. The first-order chi connectivity index (χ1) is 10.3. The van der Waals surface area contributed by atoms with E-state index in [1.54, 1.807) is 19.0 Å². The van der Waals surface area contributed by atoms with Crippen molar-refractivity contribution in [1.29, 1.82) is 0 Å². The third kappa shape index (κ3) is 2.82. The Morgan fingerprint density at radius 3 is 2.62 bits per heavy atom. The number of tetrazole rings is 1. The molecule has 0 radical (unpaired) electrons. The lowest BCUT2D eigenvalue weighted by Gasteiger charge is -2.20. The van der Waals surface area contributed by atoms with Gasteiger partial charge in [-0.15, -0.1) is 10.2 Å². The van der Waals surface area contributed by atoms with Gasteiger partial charge < -0.3 is 14.8 Å². The first-order valence-electron chi connectivity index (χ1n) is 7.04. The van der Waals surface area contributed by atoms with Gasteiger partial charge in [0.1, 0.15) is 0 Å². The minimum atomic E-state index is 0.327. The Morgan fingerprint density at radius 2 is 1.90 bits per heavy atom. The molecule has 0 aliphatic carbocycles. The van der Waals surface area contributed by atoms with Crippen LogP contribution in [0.5, 0.6) is 11.5 Å². The van der Waals surface area contributed by atoms with Gasteiger partial charge in [-0.2, -0.15) is 4.80 Å². The predicted octanol–water partition coefficient (Wildman–Crippen LogP) is 1.28. The van der Waals surface area contributed by atoms with Gasteiger partial charge in [-0.05, 0) is 49.3 Å². The van der Waals surface area contributed by atoms with E-state index in [0.717, 1.165) is 31.5 Å². The van der Waals surface area contributed by atoms with Crippen molar-refractivity contribution in [2.24, 2.45) is 0 Å². The zero-order valence-corrected chi connectivity index (χ0v) is 12.2. The summed E-state index contributed by atoms with van der Waals surface area (Å²) in [5, 5.41) is 16.2. The normalized spacial score (nSPS) is 15.9. The SMILES string of the molecule is COc1ccc(-c2nnn(C3CCNCC3)n2)cc1OC. The Labute approximate surface area is 123 Å². The molecule has 2 aromatic rings. The van der Waals surface area contributed by atoms with Crippen LogP contribution in [-0.2, 0) is 0 Å². The number of piperidine rings is 1. The molecule has 0 bridgehead atoms. The lowest BCUT2D eigenvalue weighted by molar-refractivity contribution is 0.309. The average molecular weight is 289 g/mol. The van der Waals surface area contributed by atoms with Gasteiger partial charge in [-0.3, -0.25) is 0 Å². The number of hydrogen-bond acceptors (Lipinski definition) is 6. The number of nitrogens with zero attached hydrogens (tertiary/aromatic N) is 4. The van der Waals surface area contributed by atoms with Crippen LogP contribution in [0.3, 0.4) is 0 Å². The number of rotatable bonds is 4. The Kier molecular flexibility index (Phi) is 4.01. The highest BCUT2D eigenvalue weighted by molar-refractivity contribution is 5.60. The van der Waals surface area contributed by atoms with Gasteiger partial charge in [0.2, 0.25) is 5.82 Å². The first kappa shape index (κ1) is 13.8. The fourth-order valence-corrected chi connectivity index (χ4v) is 2.51. The second kappa shape index (κ2) is 6.09. The van der Waals surface area contributed by atoms with Crippen LogP contribution in [0.25, 0.3) is 11.4 Å². The molecule has 1 fully saturated rings. The minimum absolute atomic E-state index is 0.327. The molecule has 2 heterocycles. The zero-order valence-electron chi connectivity index (χ0n) is 12.2. The number of nitrogens with one attached hydrogen (secondary N) is 1. The summed E-state index contributed by atoms with van der Waals surface area (Å²) in [5.74, 6) is 1.95. The molecule has 0 unspecified atom stereocenters. The van der Waals surface area contributed by atoms with E-state index in [-0.39, 0.29) is 0 Å². The van der Waals surface area contributed by atoms with Crippen LogP contribution in [0.15, 0.2) is 18.2 Å². The Bertz CT molecular complexity index is 607. The van der Waals surface area contributed by atoms with Crippen LogP contribution in [0.1, 0.15) is 18.9 Å². The van der Waals surface area contributed by atoms with E-state index in [0.29, 0.717) is 23.4 Å². The van der Waals surface area contributed by atoms with Crippen molar-refractivity contribution in [3.05, 3.63) is 18.2 Å². The summed E-state index contributed by atoms with van der Waals surface area (Å²) in [6, 6.07) is 5.94. The monoisotopic (exact) mass is 289 g/mol. The molecule has 0 saturated carbocycles. The molecule has 3 rings (SSSR count). The number of hydrogen-bond donors (Lipinski definition) is 1. The molecule has 1 aliphatic heterocycles. The van der Waals surface area contributed by atoms with Gasteiger partial charge in [-0.1, -0.05) is 0 Å². The highest BCUT2D eigenvalue weighted by Crippen LogP contribution is 2.31. The maximum atomic E-state index is 5.31. The molecular weight excluding hydrogens is 270 g/mol. The summed E-state index contributed by atoms with van der Waals surface area (Å²) in [6.07, 6.45) is 2.06. The molecule has 1 saturated heterocycles. The predicted molar refractivity (Wildman–Crippen MR) is 77.5 cm³/mol. The molecule has 1 aliphatic rings. The van der Waals surface area contributed by atoms with Crippen molar-refractivity contribution in [2.75, 3.05) is 27.3 Å². The van der Waals surface area contributed by atoms with Crippen LogP contribution in [0.2, 0.25) is 0 Å². The fraction of sp³-hybridized carbons (Fsp3) is 0.500. The topological polar surface area (TPSA) is 74.1 Å². The van der Waals surface area contributed by atoms with E-state index in [1.807, 2.05) is 18.2 Å². The highest BCUT2D eigenvalue weighted by atomic mass is 16.5. The van der Waals surface area contributed by atoms with Gasteiger partial charge in [0.05, 0.1) is 20.3 Å². The summed E-state index contributed by atoms with van der Waals surface area (Å²) in [6.45, 7) is 2.00. The minimum Gasteiger partial charge on any atom is -0.493 e. The summed E-state index contributed by atoms with van der Waals surface area (Å²) in [7, 11) is 3.23. The molecule has 0 atom stereocenters. The van der Waals surface area contributed by atoms with Gasteiger partial charge in [0.15, 0.2) is 11.5 Å². The van der Waals surface area contributed by atoms with Gasteiger partial charge >= 0.3 is 0 Å². The average Bonchev–Trinajstić information content (AvgIpc) is 3.05. The van der Waals surface area contributed by atoms with E-state index < -0.39 is 0 Å². The van der Waals surface area contributed by atoms with E-state index in [4.69, 9.17) is 9.47 Å². The number of methoxy groups -OCH3 is 2. The number of ether oxygens (including phenoxy) is 2. The molecule has 7 nitrogen and oxygen atoms in total. The van der Waals surface area contributed by atoms with Crippen molar-refractivity contribution in [3.8, 4) is 22.9 Å². The van der Waals surface area contributed by atoms with Crippen LogP contribution >= 0.6 is 0 Å². The Balaban J connectivity index is 1.85. The second-order valence-corrected chi connectivity index (χ2v) is 4.98. The quantitative estimate of drug-likeness (QED) is 0.914. The van der Waals surface area contributed by atoms with Crippen molar-refractivity contribution < 1.29 is 9.47 Å². The largest absolute Gasteiger partial charge is 0.493 e. The lowest BCUT2D eigenvalue weighted by Crippen LogP contribution is -2.30. The third-order valence-electron chi connectivity index (χ3n) is 3.71. The highest BCUT2D eigenvalue weighted by Gasteiger charge is 2.18. The molecule has 1 aromatic carbocycles. The summed E-state index contributed by atoms with van der Waals surface area (Å²) >= 11 is 0. The van der Waals surface area contributed by atoms with Crippen LogP contribution in [0.4, 0.5) is 0 Å². The van der Waals surface area contributed by atoms with Crippen molar-refractivity contribution in [1.82, 2.24) is 25.5 Å². The van der Waals surface area contributed by atoms with Gasteiger partial charge in [0, 0.05) is 5.56 Å². The molecular formula is C14H19N5O2. The van der Waals surface area contributed by atoms with E-state index in [2.05, 4.69) is 20.7 Å². The van der Waals surface area contributed by atoms with Gasteiger partial charge in [0.25, 0.3) is 0 Å². The molecule has 7 heteroatoms. The van der Waals surface area contributed by atoms with Crippen LogP contribution in [0, 0.1) is 0 Å². The van der Waals surface area contributed by atoms with Crippen LogP contribution in [-0.4, -0.2) is 47.5 Å². The third-order valence-corrected chi connectivity index (χ3v) is 3.71. The Morgan fingerprint density at radius 1 is 1.14 bits per heavy atom. The van der Waals surface area contributed by atoms with Gasteiger partial charge in [-0.25, -0.2) is 0 Å². The van der Waals surface area contributed by atoms with Crippen molar-refractivity contribution >= 4 is 0 Å². The van der Waals surface area contributed by atoms with Crippen LogP contribution < -0.4 is 14.8 Å². The maximum absolute atomic E-state index is 5.31. The fourth-order valence-electron chi connectivity index (χ4n) is 2.51. The Hall–Kier alpha value is -2.15. The zero-order chi connectivity index (χ0) is 14.7. The summed E-state index contributed by atoms with van der Waals surface area (Å²) < 4.78 is 10.5. The molecule has 1 N–H and O–H groups in total. The second-order valence-electron chi connectivity index (χ2n) is 4.98. The molecule has 112 valence electrons. The molecule has 0 spiro atoms. The first-order valence-corrected chi connectivity index (χ1v) is 7.04. The standard InChI is InChI=1S/C14H19N5O2/c1-20-12-4-3-10(9-13(12)21-2)14-16-18-19(17-14)11-5-7-15-8-6-11/h3-4,9,11,15H,5-8H2,1-2H3. The maximum Gasteiger partial charge on any atom is 0.205 e. The van der Waals surface area contributed by atoms with E-state index in [9.17, 15) is 0 Å². The van der Waals surface area contributed by atoms with Crippen molar-refractivity contribution in [2.45, 2.75) is 18.9 Å². The number of aromatic nitrogens is 4. The van der Waals surface area contributed by atoms with Crippen molar-refractivity contribution in [3.63, 3.8) is 0 Å². The van der Waals surface area contributed by atoms with E-state index in [1.165, 1.54) is 0 Å². The summed E-state index contributed by atoms with van der Waals surface area (Å²) in [5.41, 5.74) is 0.868.